The van der Waals surface area contributed by atoms with Crippen molar-refractivity contribution >= 4 is 19.7 Å². The maximum atomic E-state index is 13.5. The lowest BCUT2D eigenvalue weighted by Crippen LogP contribution is -2.47. The first-order valence-corrected chi connectivity index (χ1v) is 33.6. The molecule has 438 valence electrons. The molecule has 3 unspecified atom stereocenters. The van der Waals surface area contributed by atoms with Crippen molar-refractivity contribution in [3.63, 3.8) is 0 Å². The van der Waals surface area contributed by atoms with E-state index in [2.05, 4.69) is 38.2 Å². The molecule has 1 N–H and O–H groups in total. The van der Waals surface area contributed by atoms with Gasteiger partial charge in [0.15, 0.2) is 0 Å². The Morgan fingerprint density at radius 1 is 0.459 bits per heavy atom. The van der Waals surface area contributed by atoms with Crippen molar-refractivity contribution in [2.45, 2.75) is 335 Å². The number of likely N-dealkylation sites (N-methyl/N-ethyl adjacent to an activating group) is 1. The Labute approximate surface area is 460 Å². The van der Waals surface area contributed by atoms with Crippen LogP contribution in [0.1, 0.15) is 323 Å². The summed E-state index contributed by atoms with van der Waals surface area (Å²) in [5.74, 6) is -0.525. The second kappa shape index (κ2) is 54.8. The van der Waals surface area contributed by atoms with Gasteiger partial charge in [0.1, 0.15) is 19.3 Å². The number of carbonyl (C=O) groups excluding carboxylic acids is 2. The van der Waals surface area contributed by atoms with E-state index in [-0.39, 0.29) is 31.5 Å². The third kappa shape index (κ3) is 55.3. The van der Waals surface area contributed by atoms with Crippen LogP contribution >= 0.6 is 7.82 Å². The summed E-state index contributed by atoms with van der Waals surface area (Å²) in [6.45, 7) is 6.89. The summed E-state index contributed by atoms with van der Waals surface area (Å²) in [5, 5.41) is 3.04. The van der Waals surface area contributed by atoms with Crippen LogP contribution in [-0.2, 0) is 27.9 Å². The van der Waals surface area contributed by atoms with Crippen LogP contribution in [0.25, 0.3) is 0 Å². The molecule has 0 heterocycles. The molecule has 0 aliphatic carbocycles. The number of phosphoric acid groups is 1. The van der Waals surface area contributed by atoms with Crippen molar-refractivity contribution in [1.29, 1.82) is 0 Å². The minimum Gasteiger partial charge on any atom is -0.756 e. The van der Waals surface area contributed by atoms with Gasteiger partial charge >= 0.3 is 5.97 Å². The monoisotopic (exact) mass is 1060 g/mol. The Balaban J connectivity index is 5.19. The first-order valence-electron chi connectivity index (χ1n) is 32.1. The molecule has 0 bridgehead atoms. The van der Waals surface area contributed by atoms with Crippen molar-refractivity contribution in [3.05, 3.63) is 24.3 Å². The van der Waals surface area contributed by atoms with Gasteiger partial charge in [0.05, 0.1) is 33.8 Å². The molecule has 0 aliphatic rings. The van der Waals surface area contributed by atoms with Crippen LogP contribution in [-0.4, -0.2) is 69.4 Å². The summed E-state index contributed by atoms with van der Waals surface area (Å²) >= 11 is 0. The van der Waals surface area contributed by atoms with Crippen LogP contribution in [0.4, 0.5) is 0 Å². The molecule has 0 rings (SSSR count). The Morgan fingerprint density at radius 3 is 1.15 bits per heavy atom. The normalized spacial score (nSPS) is 13.8. The molecule has 0 saturated carbocycles. The Morgan fingerprint density at radius 2 is 0.784 bits per heavy atom. The third-order valence-electron chi connectivity index (χ3n) is 14.6. The lowest BCUT2D eigenvalue weighted by Gasteiger charge is -2.30. The summed E-state index contributed by atoms with van der Waals surface area (Å²) in [7, 11) is 1.20. The number of esters is 1. The molecule has 0 aromatic rings. The van der Waals surface area contributed by atoms with E-state index in [9.17, 15) is 19.0 Å². The van der Waals surface area contributed by atoms with Gasteiger partial charge in [0, 0.05) is 12.8 Å². The number of hydrogen-bond donors (Lipinski definition) is 1. The zero-order valence-electron chi connectivity index (χ0n) is 50.1. The molecule has 0 aliphatic heterocycles. The van der Waals surface area contributed by atoms with Gasteiger partial charge < -0.3 is 28.5 Å². The zero-order valence-corrected chi connectivity index (χ0v) is 51.0. The first-order chi connectivity index (χ1) is 35.9. The number of amides is 1. The number of unbranched alkanes of at least 4 members (excludes halogenated alkanes) is 41. The van der Waals surface area contributed by atoms with Crippen molar-refractivity contribution < 1.29 is 37.3 Å². The highest BCUT2D eigenvalue weighted by Crippen LogP contribution is 2.38. The van der Waals surface area contributed by atoms with E-state index in [1.54, 1.807) is 0 Å². The predicted molar refractivity (Wildman–Crippen MR) is 317 cm³/mol. The van der Waals surface area contributed by atoms with E-state index in [1.807, 2.05) is 33.3 Å². The van der Waals surface area contributed by atoms with Crippen molar-refractivity contribution in [1.82, 2.24) is 5.32 Å². The molecule has 0 aromatic carbocycles. The molecule has 0 radical (unpaired) electrons. The molecule has 0 aromatic heterocycles. The fourth-order valence-corrected chi connectivity index (χ4v) is 10.4. The van der Waals surface area contributed by atoms with Gasteiger partial charge in [-0.05, 0) is 57.4 Å². The number of nitrogens with zero attached hydrogens (tertiary/aromatic N) is 1. The van der Waals surface area contributed by atoms with Crippen molar-refractivity contribution in [2.24, 2.45) is 0 Å². The largest absolute Gasteiger partial charge is 0.756 e. The fourth-order valence-electron chi connectivity index (χ4n) is 9.64. The maximum Gasteiger partial charge on any atom is 0.306 e. The van der Waals surface area contributed by atoms with Crippen LogP contribution < -0.4 is 10.2 Å². The van der Waals surface area contributed by atoms with Gasteiger partial charge in [-0.1, -0.05) is 277 Å². The van der Waals surface area contributed by atoms with Crippen molar-refractivity contribution in [3.8, 4) is 0 Å². The molecular formula is C64H125N2O7P. The predicted octanol–water partition coefficient (Wildman–Crippen LogP) is 19.1. The summed E-state index contributed by atoms with van der Waals surface area (Å²) in [6.07, 6.45) is 64.2. The lowest BCUT2D eigenvalue weighted by molar-refractivity contribution is -0.870. The average molecular weight is 1070 g/mol. The Bertz CT molecular complexity index is 1320. The highest BCUT2D eigenvalue weighted by atomic mass is 31.2. The van der Waals surface area contributed by atoms with E-state index in [1.165, 1.54) is 231 Å². The van der Waals surface area contributed by atoms with Crippen LogP contribution in [0.5, 0.6) is 0 Å². The number of phosphoric ester groups is 1. The number of quaternary nitrogens is 1. The topological polar surface area (TPSA) is 114 Å². The van der Waals surface area contributed by atoms with Gasteiger partial charge in [-0.15, -0.1) is 0 Å². The molecule has 10 heteroatoms. The Hall–Kier alpha value is -1.51. The van der Waals surface area contributed by atoms with Gasteiger partial charge in [0.2, 0.25) is 5.91 Å². The highest BCUT2D eigenvalue weighted by molar-refractivity contribution is 7.45. The van der Waals surface area contributed by atoms with Gasteiger partial charge in [0.25, 0.3) is 7.82 Å². The van der Waals surface area contributed by atoms with Crippen LogP contribution in [0.15, 0.2) is 24.3 Å². The summed E-state index contributed by atoms with van der Waals surface area (Å²) in [6, 6.07) is -0.883. The highest BCUT2D eigenvalue weighted by Gasteiger charge is 2.27. The summed E-state index contributed by atoms with van der Waals surface area (Å²) in [4.78, 5) is 40.0. The second-order valence-corrected chi connectivity index (χ2v) is 24.7. The van der Waals surface area contributed by atoms with Gasteiger partial charge in [-0.3, -0.25) is 14.2 Å². The smallest absolute Gasteiger partial charge is 0.306 e. The number of carbonyl (C=O) groups is 2. The molecule has 0 spiro atoms. The molecule has 0 fully saturated rings. The molecule has 9 nitrogen and oxygen atoms in total. The number of nitrogens with one attached hydrogen (secondary N) is 1. The van der Waals surface area contributed by atoms with Crippen LogP contribution in [0.2, 0.25) is 0 Å². The van der Waals surface area contributed by atoms with E-state index < -0.39 is 20.0 Å². The van der Waals surface area contributed by atoms with Crippen molar-refractivity contribution in [2.75, 3.05) is 40.9 Å². The van der Waals surface area contributed by atoms with E-state index in [0.717, 1.165) is 57.8 Å². The number of allylic oxidation sites excluding steroid dienone is 3. The summed E-state index contributed by atoms with van der Waals surface area (Å²) in [5.41, 5.74) is 0. The lowest BCUT2D eigenvalue weighted by atomic mass is 10.0. The van der Waals surface area contributed by atoms with E-state index >= 15 is 0 Å². The third-order valence-corrected chi connectivity index (χ3v) is 15.6. The summed E-state index contributed by atoms with van der Waals surface area (Å²) < 4.78 is 30.4. The minimum atomic E-state index is -4.69. The maximum absolute atomic E-state index is 13.5. The van der Waals surface area contributed by atoms with Gasteiger partial charge in [-0.2, -0.15) is 0 Å². The number of rotatable bonds is 59. The number of ether oxygens (including phenoxy) is 1. The molecule has 74 heavy (non-hydrogen) atoms. The van der Waals surface area contributed by atoms with Gasteiger partial charge in [-0.25, -0.2) is 0 Å². The number of hydrogen-bond acceptors (Lipinski definition) is 7. The Kier molecular flexibility index (Phi) is 53.7. The van der Waals surface area contributed by atoms with Crippen LogP contribution in [0, 0.1) is 0 Å². The average Bonchev–Trinajstić information content (AvgIpc) is 3.36. The molecule has 0 saturated heterocycles. The fraction of sp³-hybridized carbons (Fsp3) is 0.906. The minimum absolute atomic E-state index is 0.0188. The second-order valence-electron chi connectivity index (χ2n) is 23.3. The quantitative estimate of drug-likeness (QED) is 0.0212. The van der Waals surface area contributed by atoms with E-state index in [4.69, 9.17) is 13.8 Å². The standard InChI is InChI=1S/C64H125N2O7P/c1-7-10-13-16-19-22-25-28-30-32-33-35-37-39-42-45-48-51-54-57-64(68)73-62(55-52-49-46-43-40-27-24-21-18-15-12-9-3)61(60-72-74(69,70)71-59-58-66(4,5)6)65-63(67)56-53-50-47-44-41-38-36-34-31-29-26-23-20-17-14-11-8-2/h28,30,52,55,61-62H,7-27,29,31-51,53-54,56-60H2,1-6H3,(H-,65,67,69,70)/b30-28+,55-52+. The van der Waals surface area contributed by atoms with Crippen LogP contribution in [0.3, 0.4) is 0 Å². The molecule has 1 amide bonds. The SMILES string of the molecule is CCCCCCCC/C=C/CCCCCCCCCCCC(=O)OC(/C=C/CCCCCCCCCCCC)C(COP(=O)([O-])OCC[N+](C)(C)C)NC(=O)CCCCCCCCCCCCCCCCCCC. The molecule has 3 atom stereocenters. The molecular weight excluding hydrogens is 940 g/mol. The van der Waals surface area contributed by atoms with E-state index in [0.29, 0.717) is 17.4 Å². The zero-order chi connectivity index (χ0) is 54.3. The first kappa shape index (κ1) is 72.5.